The summed E-state index contributed by atoms with van der Waals surface area (Å²) in [6, 6.07) is 6.83. The first kappa shape index (κ1) is 23.9. The Morgan fingerprint density at radius 3 is 2.50 bits per heavy atom. The number of nitrogens with zero attached hydrogens (tertiary/aromatic N) is 1. The minimum Gasteiger partial charge on any atom is -0.497 e. The summed E-state index contributed by atoms with van der Waals surface area (Å²) in [4.78, 5) is 24.9. The van der Waals surface area contributed by atoms with Crippen molar-refractivity contribution in [3.8, 4) is 5.75 Å². The van der Waals surface area contributed by atoms with E-state index in [1.807, 2.05) is 0 Å². The molecule has 3 fully saturated rings. The topological polar surface area (TPSA) is 46.6 Å². The van der Waals surface area contributed by atoms with E-state index < -0.39 is 0 Å². The van der Waals surface area contributed by atoms with E-state index in [1.165, 1.54) is 74.7 Å². The number of carbonyl (C=O) groups excluding carboxylic acids is 2. The molecular weight excluding hydrogens is 422 g/mol. The fourth-order valence-electron chi connectivity index (χ4n) is 8.33. The van der Waals surface area contributed by atoms with Crippen LogP contribution in [0.15, 0.2) is 18.2 Å². The Bertz CT molecular complexity index is 894. The van der Waals surface area contributed by atoms with Crippen LogP contribution in [0, 0.1) is 23.2 Å². The predicted octanol–water partition coefficient (Wildman–Crippen LogP) is 6.66. The maximum Gasteiger partial charge on any atom is 0.229 e. The molecule has 5 atom stereocenters. The van der Waals surface area contributed by atoms with Crippen molar-refractivity contribution in [1.29, 1.82) is 0 Å². The molecule has 0 radical (unpaired) electrons. The Balaban J connectivity index is 1.08. The van der Waals surface area contributed by atoms with Crippen LogP contribution in [-0.2, 0) is 16.0 Å². The van der Waals surface area contributed by atoms with Crippen molar-refractivity contribution in [2.45, 2.75) is 103 Å². The molecule has 4 nitrogen and oxygen atoms in total. The maximum atomic E-state index is 11.7. The number of carbonyl (C=O) groups is 2. The summed E-state index contributed by atoms with van der Waals surface area (Å²) in [6.07, 6.45) is 16.4. The van der Waals surface area contributed by atoms with Gasteiger partial charge in [0.25, 0.3) is 0 Å². The number of hydrogen-bond acceptors (Lipinski definition) is 3. The van der Waals surface area contributed by atoms with Gasteiger partial charge in [-0.05, 0) is 104 Å². The Labute approximate surface area is 205 Å². The maximum absolute atomic E-state index is 11.7. The van der Waals surface area contributed by atoms with E-state index in [4.69, 9.17) is 4.74 Å². The lowest BCUT2D eigenvalue weighted by Gasteiger charge is -2.51. The van der Waals surface area contributed by atoms with E-state index in [0.29, 0.717) is 24.8 Å². The molecule has 0 aromatic heterocycles. The number of unbranched alkanes of at least 4 members (excludes halogenated alkanes) is 4. The second kappa shape index (κ2) is 10.0. The Morgan fingerprint density at radius 1 is 0.941 bits per heavy atom. The van der Waals surface area contributed by atoms with Crippen LogP contribution < -0.4 is 4.74 Å². The summed E-state index contributed by atoms with van der Waals surface area (Å²) in [5.74, 6) is 4.52. The van der Waals surface area contributed by atoms with E-state index in [2.05, 4.69) is 25.1 Å². The van der Waals surface area contributed by atoms with Crippen molar-refractivity contribution in [1.82, 2.24) is 4.90 Å². The lowest BCUT2D eigenvalue weighted by Crippen LogP contribution is -2.42. The van der Waals surface area contributed by atoms with Crippen LogP contribution in [0.3, 0.4) is 0 Å². The Morgan fingerprint density at radius 2 is 1.71 bits per heavy atom. The number of amides is 2. The van der Waals surface area contributed by atoms with Gasteiger partial charge in [0.2, 0.25) is 11.8 Å². The molecule has 2 unspecified atom stereocenters. The fraction of sp³-hybridized carbons (Fsp3) is 0.733. The number of imide groups is 1. The second-order valence-corrected chi connectivity index (χ2v) is 11.8. The van der Waals surface area contributed by atoms with E-state index in [9.17, 15) is 9.59 Å². The van der Waals surface area contributed by atoms with Gasteiger partial charge in [0.15, 0.2) is 0 Å². The molecule has 186 valence electrons. The molecule has 4 heteroatoms. The number of rotatable bonds is 9. The van der Waals surface area contributed by atoms with E-state index in [1.54, 1.807) is 12.7 Å². The third-order valence-corrected chi connectivity index (χ3v) is 10.2. The van der Waals surface area contributed by atoms with Gasteiger partial charge in [-0.1, -0.05) is 38.7 Å². The fourth-order valence-corrected chi connectivity index (χ4v) is 8.33. The number of hydrogen-bond donors (Lipinski definition) is 0. The summed E-state index contributed by atoms with van der Waals surface area (Å²) in [5.41, 5.74) is 3.71. The molecule has 0 spiro atoms. The largest absolute Gasteiger partial charge is 0.497 e. The minimum absolute atomic E-state index is 0.0323. The highest BCUT2D eigenvalue weighted by atomic mass is 16.5. The number of fused-ring (bicyclic) bond motifs is 5. The number of benzene rings is 1. The number of methoxy groups -OCH3 is 1. The van der Waals surface area contributed by atoms with Crippen molar-refractivity contribution in [3.63, 3.8) is 0 Å². The summed E-state index contributed by atoms with van der Waals surface area (Å²) in [5, 5.41) is 0. The molecule has 2 saturated carbocycles. The average Bonchev–Trinajstić information content (AvgIpc) is 3.36. The van der Waals surface area contributed by atoms with Gasteiger partial charge in [0.1, 0.15) is 5.75 Å². The molecule has 0 N–H and O–H groups in total. The SMILES string of the molecule is COc1ccc2c(c1)CC[C@@H]1C2CC[C@@]2(C)C1CC[C@@H]2CCCCCCCN1C(=O)CCC1=O. The third kappa shape index (κ3) is 4.42. The standard InChI is InChI=1S/C30H43NO3/c1-30-18-17-25-24-13-11-23(34-2)20-21(24)9-12-26(25)27(30)14-10-22(30)8-6-4-3-5-7-19-31-28(32)15-16-29(31)33/h11,13,20,22,25-27H,3-10,12,14-19H2,1-2H3/t22-,25?,26+,27?,30+/m0/s1. The van der Waals surface area contributed by atoms with Crippen LogP contribution in [0.1, 0.15) is 107 Å². The number of aryl methyl sites for hydroxylation is 1. The van der Waals surface area contributed by atoms with Crippen LogP contribution in [-0.4, -0.2) is 30.4 Å². The van der Waals surface area contributed by atoms with Crippen molar-refractivity contribution < 1.29 is 14.3 Å². The first-order valence-corrected chi connectivity index (χ1v) is 14.0. The van der Waals surface area contributed by atoms with Gasteiger partial charge in [0.05, 0.1) is 7.11 Å². The molecule has 4 aliphatic rings. The highest BCUT2D eigenvalue weighted by Gasteiger charge is 2.54. The van der Waals surface area contributed by atoms with Crippen LogP contribution in [0.2, 0.25) is 0 Å². The summed E-state index contributed by atoms with van der Waals surface area (Å²) in [7, 11) is 1.77. The van der Waals surface area contributed by atoms with Crippen molar-refractivity contribution in [2.75, 3.05) is 13.7 Å². The second-order valence-electron chi connectivity index (χ2n) is 11.8. The molecule has 1 aromatic rings. The summed E-state index contributed by atoms with van der Waals surface area (Å²) >= 11 is 0. The zero-order chi connectivity index (χ0) is 23.7. The first-order chi connectivity index (χ1) is 16.5. The van der Waals surface area contributed by atoms with Crippen LogP contribution in [0.25, 0.3) is 0 Å². The van der Waals surface area contributed by atoms with Crippen LogP contribution >= 0.6 is 0 Å². The monoisotopic (exact) mass is 465 g/mol. The predicted molar refractivity (Wildman–Crippen MR) is 135 cm³/mol. The zero-order valence-corrected chi connectivity index (χ0v) is 21.3. The summed E-state index contributed by atoms with van der Waals surface area (Å²) in [6.45, 7) is 3.28. The molecule has 34 heavy (non-hydrogen) atoms. The molecule has 1 heterocycles. The van der Waals surface area contributed by atoms with Crippen molar-refractivity contribution >= 4 is 11.8 Å². The Hall–Kier alpha value is -1.84. The van der Waals surface area contributed by atoms with Gasteiger partial charge in [-0.2, -0.15) is 0 Å². The molecular formula is C30H43NO3. The quantitative estimate of drug-likeness (QED) is 0.303. The van der Waals surface area contributed by atoms with Crippen molar-refractivity contribution in [2.24, 2.45) is 23.2 Å². The molecule has 3 aliphatic carbocycles. The highest BCUT2D eigenvalue weighted by Crippen LogP contribution is 2.63. The van der Waals surface area contributed by atoms with Crippen LogP contribution in [0.5, 0.6) is 5.75 Å². The molecule has 1 aromatic carbocycles. The first-order valence-electron chi connectivity index (χ1n) is 14.0. The number of ether oxygens (including phenoxy) is 1. The van der Waals surface area contributed by atoms with Gasteiger partial charge in [-0.15, -0.1) is 0 Å². The van der Waals surface area contributed by atoms with Gasteiger partial charge in [0, 0.05) is 19.4 Å². The molecule has 5 rings (SSSR count). The van der Waals surface area contributed by atoms with Gasteiger partial charge < -0.3 is 4.74 Å². The molecule has 0 bridgehead atoms. The van der Waals surface area contributed by atoms with Crippen molar-refractivity contribution in [3.05, 3.63) is 29.3 Å². The lowest BCUT2D eigenvalue weighted by molar-refractivity contribution is -0.138. The molecule has 1 saturated heterocycles. The smallest absolute Gasteiger partial charge is 0.229 e. The third-order valence-electron chi connectivity index (χ3n) is 10.2. The van der Waals surface area contributed by atoms with E-state index in [-0.39, 0.29) is 11.8 Å². The molecule has 2 amide bonds. The normalized spacial score (nSPS) is 32.5. The lowest BCUT2D eigenvalue weighted by atomic mass is 9.54. The number of likely N-dealkylation sites (tertiary alicyclic amines) is 1. The Kier molecular flexibility index (Phi) is 7.04. The average molecular weight is 466 g/mol. The van der Waals surface area contributed by atoms with Gasteiger partial charge >= 0.3 is 0 Å². The van der Waals surface area contributed by atoms with E-state index in [0.717, 1.165) is 42.3 Å². The molecule has 1 aliphatic heterocycles. The van der Waals surface area contributed by atoms with Gasteiger partial charge in [-0.25, -0.2) is 0 Å². The van der Waals surface area contributed by atoms with Crippen LogP contribution in [0.4, 0.5) is 0 Å². The van der Waals surface area contributed by atoms with E-state index >= 15 is 0 Å². The zero-order valence-electron chi connectivity index (χ0n) is 21.3. The summed E-state index contributed by atoms with van der Waals surface area (Å²) < 4.78 is 5.49. The minimum atomic E-state index is 0.0323. The highest BCUT2D eigenvalue weighted by molar-refractivity contribution is 6.01. The van der Waals surface area contributed by atoms with Gasteiger partial charge in [-0.3, -0.25) is 14.5 Å².